The number of hydrogen-bond donors (Lipinski definition) is 1. The van der Waals surface area contributed by atoms with E-state index in [4.69, 9.17) is 15.5 Å². The molecule has 2 saturated heterocycles. The zero-order valence-corrected chi connectivity index (χ0v) is 19.1. The van der Waals surface area contributed by atoms with Crippen molar-refractivity contribution in [2.24, 2.45) is 10.7 Å². The molecule has 3 heterocycles. The standard InChI is InChI=1S/C20H27N5OS.HI/c21-18(24-9-11-25(12-10-24)19-22-8-15-27-19)23-16-20(6-13-26-14-7-20)17-4-2-1-3-5-17;/h1-5,8,15H,6-7,9-14,16H2,(H2,21,23);1H. The molecule has 1 aromatic carbocycles. The SMILES string of the molecule is I.NC(=NCC1(c2ccccc2)CCOCC1)N1CCN(c2nccs2)CC1. The lowest BCUT2D eigenvalue weighted by atomic mass is 9.74. The van der Waals surface area contributed by atoms with E-state index in [1.165, 1.54) is 5.56 Å². The average molecular weight is 513 g/mol. The highest BCUT2D eigenvalue weighted by Crippen LogP contribution is 2.35. The summed E-state index contributed by atoms with van der Waals surface area (Å²) in [6.07, 6.45) is 3.84. The van der Waals surface area contributed by atoms with Crippen molar-refractivity contribution in [3.63, 3.8) is 0 Å². The number of aliphatic imine (C=N–C) groups is 1. The van der Waals surface area contributed by atoms with Crippen LogP contribution in [0.3, 0.4) is 0 Å². The van der Waals surface area contributed by atoms with Crippen LogP contribution in [0.15, 0.2) is 46.9 Å². The first-order valence-corrected chi connectivity index (χ1v) is 10.5. The highest BCUT2D eigenvalue weighted by Gasteiger charge is 2.34. The minimum absolute atomic E-state index is 0. The van der Waals surface area contributed by atoms with E-state index in [0.717, 1.165) is 63.9 Å². The van der Waals surface area contributed by atoms with Crippen LogP contribution in [-0.4, -0.2) is 61.8 Å². The topological polar surface area (TPSA) is 67.0 Å². The van der Waals surface area contributed by atoms with Crippen LogP contribution in [0.25, 0.3) is 0 Å². The summed E-state index contributed by atoms with van der Waals surface area (Å²) in [5.74, 6) is 0.663. The number of hydrogen-bond acceptors (Lipinski definition) is 5. The predicted octanol–water partition coefficient (Wildman–Crippen LogP) is 2.95. The monoisotopic (exact) mass is 513 g/mol. The lowest BCUT2D eigenvalue weighted by molar-refractivity contribution is 0.0530. The van der Waals surface area contributed by atoms with Crippen LogP contribution >= 0.6 is 35.3 Å². The number of benzene rings is 1. The molecule has 0 amide bonds. The maximum atomic E-state index is 6.38. The summed E-state index contributed by atoms with van der Waals surface area (Å²) < 4.78 is 5.62. The van der Waals surface area contributed by atoms with Crippen molar-refractivity contribution in [1.29, 1.82) is 0 Å². The molecule has 0 radical (unpaired) electrons. The third-order valence-corrected chi connectivity index (χ3v) is 6.51. The Kier molecular flexibility index (Phi) is 7.53. The zero-order valence-electron chi connectivity index (χ0n) is 16.0. The molecule has 0 saturated carbocycles. The number of halogens is 1. The van der Waals surface area contributed by atoms with Crippen LogP contribution in [0.4, 0.5) is 5.13 Å². The number of piperazine rings is 1. The minimum atomic E-state index is 0. The molecule has 28 heavy (non-hydrogen) atoms. The van der Waals surface area contributed by atoms with Gasteiger partial charge in [0.05, 0.1) is 6.54 Å². The zero-order chi connectivity index (χ0) is 18.5. The van der Waals surface area contributed by atoms with Gasteiger partial charge in [0.1, 0.15) is 0 Å². The fraction of sp³-hybridized carbons (Fsp3) is 0.500. The van der Waals surface area contributed by atoms with Crippen LogP contribution in [0.1, 0.15) is 18.4 Å². The Hall–Kier alpha value is -1.39. The van der Waals surface area contributed by atoms with Crippen LogP contribution in [0.2, 0.25) is 0 Å². The fourth-order valence-corrected chi connectivity index (χ4v) is 4.62. The van der Waals surface area contributed by atoms with Crippen molar-refractivity contribution in [1.82, 2.24) is 9.88 Å². The Morgan fingerprint density at radius 3 is 2.50 bits per heavy atom. The molecular weight excluding hydrogens is 485 g/mol. The molecule has 0 unspecified atom stereocenters. The summed E-state index contributed by atoms with van der Waals surface area (Å²) in [6, 6.07) is 10.7. The predicted molar refractivity (Wildman–Crippen MR) is 126 cm³/mol. The van der Waals surface area contributed by atoms with E-state index in [9.17, 15) is 0 Å². The van der Waals surface area contributed by atoms with Gasteiger partial charge in [-0.05, 0) is 18.4 Å². The molecule has 0 atom stereocenters. The van der Waals surface area contributed by atoms with E-state index >= 15 is 0 Å². The third kappa shape index (κ3) is 4.77. The van der Waals surface area contributed by atoms with E-state index in [1.807, 2.05) is 11.6 Å². The number of aromatic nitrogens is 1. The van der Waals surface area contributed by atoms with Crippen molar-refractivity contribution in [2.75, 3.05) is 50.8 Å². The van der Waals surface area contributed by atoms with E-state index in [0.29, 0.717) is 5.96 Å². The van der Waals surface area contributed by atoms with Gasteiger partial charge in [-0.25, -0.2) is 4.98 Å². The molecule has 2 N–H and O–H groups in total. The lowest BCUT2D eigenvalue weighted by Gasteiger charge is -2.38. The Bertz CT molecular complexity index is 741. The molecule has 152 valence electrons. The average Bonchev–Trinajstić information content (AvgIpc) is 3.28. The maximum absolute atomic E-state index is 6.38. The Morgan fingerprint density at radius 1 is 1.14 bits per heavy atom. The number of ether oxygens (including phenoxy) is 1. The van der Waals surface area contributed by atoms with E-state index in [1.54, 1.807) is 11.3 Å². The van der Waals surface area contributed by atoms with Gasteiger partial charge in [0.15, 0.2) is 11.1 Å². The molecule has 0 spiro atoms. The molecule has 2 aromatic rings. The summed E-state index contributed by atoms with van der Waals surface area (Å²) in [7, 11) is 0. The number of nitrogens with zero attached hydrogens (tertiary/aromatic N) is 4. The van der Waals surface area contributed by atoms with Crippen LogP contribution in [0.5, 0.6) is 0 Å². The summed E-state index contributed by atoms with van der Waals surface area (Å²) >= 11 is 1.69. The Labute approximate surface area is 187 Å². The first kappa shape index (κ1) is 21.3. The number of rotatable bonds is 4. The Balaban J connectivity index is 0.00000225. The van der Waals surface area contributed by atoms with Gasteiger partial charge in [-0.1, -0.05) is 30.3 Å². The number of thiazole rings is 1. The maximum Gasteiger partial charge on any atom is 0.191 e. The van der Waals surface area contributed by atoms with Gasteiger partial charge in [0, 0.05) is 56.4 Å². The van der Waals surface area contributed by atoms with Crippen molar-refractivity contribution in [3.05, 3.63) is 47.5 Å². The molecule has 2 aliphatic rings. The molecule has 2 aliphatic heterocycles. The molecule has 8 heteroatoms. The van der Waals surface area contributed by atoms with Gasteiger partial charge in [-0.15, -0.1) is 35.3 Å². The lowest BCUT2D eigenvalue weighted by Crippen LogP contribution is -2.51. The van der Waals surface area contributed by atoms with Gasteiger partial charge in [-0.2, -0.15) is 0 Å². The second-order valence-electron chi connectivity index (χ2n) is 7.22. The fourth-order valence-electron chi connectivity index (χ4n) is 3.92. The summed E-state index contributed by atoms with van der Waals surface area (Å²) in [4.78, 5) is 13.8. The van der Waals surface area contributed by atoms with E-state index < -0.39 is 0 Å². The van der Waals surface area contributed by atoms with E-state index in [2.05, 4.69) is 45.1 Å². The van der Waals surface area contributed by atoms with Crippen LogP contribution in [0, 0.1) is 0 Å². The molecule has 0 aliphatic carbocycles. The highest BCUT2D eigenvalue weighted by atomic mass is 127. The molecular formula is C20H28IN5OS. The normalized spacial score (nSPS) is 19.9. The van der Waals surface area contributed by atoms with Crippen molar-refractivity contribution in [2.45, 2.75) is 18.3 Å². The second-order valence-corrected chi connectivity index (χ2v) is 8.09. The smallest absolute Gasteiger partial charge is 0.191 e. The van der Waals surface area contributed by atoms with Gasteiger partial charge >= 0.3 is 0 Å². The molecule has 2 fully saturated rings. The molecule has 1 aromatic heterocycles. The van der Waals surface area contributed by atoms with Crippen LogP contribution < -0.4 is 10.6 Å². The van der Waals surface area contributed by atoms with Crippen molar-refractivity contribution >= 4 is 46.4 Å². The van der Waals surface area contributed by atoms with Gasteiger partial charge < -0.3 is 20.3 Å². The van der Waals surface area contributed by atoms with Crippen LogP contribution in [-0.2, 0) is 10.2 Å². The van der Waals surface area contributed by atoms with Crippen molar-refractivity contribution in [3.8, 4) is 0 Å². The summed E-state index contributed by atoms with van der Waals surface area (Å²) in [5.41, 5.74) is 7.76. The highest BCUT2D eigenvalue weighted by molar-refractivity contribution is 14.0. The quantitative estimate of drug-likeness (QED) is 0.387. The molecule has 0 bridgehead atoms. The number of nitrogens with two attached hydrogens (primary N) is 1. The van der Waals surface area contributed by atoms with Crippen molar-refractivity contribution < 1.29 is 4.74 Å². The van der Waals surface area contributed by atoms with Gasteiger partial charge in [0.2, 0.25) is 0 Å². The first-order valence-electron chi connectivity index (χ1n) is 9.59. The third-order valence-electron chi connectivity index (χ3n) is 5.67. The summed E-state index contributed by atoms with van der Waals surface area (Å²) in [5, 5.41) is 3.12. The first-order chi connectivity index (χ1) is 13.3. The second kappa shape index (κ2) is 9.89. The number of guanidine groups is 1. The molecule has 6 nitrogen and oxygen atoms in total. The Morgan fingerprint density at radius 2 is 1.86 bits per heavy atom. The minimum Gasteiger partial charge on any atom is -0.381 e. The van der Waals surface area contributed by atoms with Gasteiger partial charge in [0.25, 0.3) is 0 Å². The molecule has 4 rings (SSSR count). The summed E-state index contributed by atoms with van der Waals surface area (Å²) in [6.45, 7) is 5.93. The van der Waals surface area contributed by atoms with E-state index in [-0.39, 0.29) is 29.4 Å². The van der Waals surface area contributed by atoms with Gasteiger partial charge in [-0.3, -0.25) is 4.99 Å². The largest absolute Gasteiger partial charge is 0.381 e. The number of anilines is 1.